The summed E-state index contributed by atoms with van der Waals surface area (Å²) in [5.74, 6) is -0.448. The van der Waals surface area contributed by atoms with Crippen LogP contribution in [0.3, 0.4) is 0 Å². The van der Waals surface area contributed by atoms with Gasteiger partial charge in [0.25, 0.3) is 11.1 Å². The fraction of sp³-hybridized carbons (Fsp3) is 0.364. The van der Waals surface area contributed by atoms with Crippen LogP contribution in [0.4, 0.5) is 10.5 Å². The van der Waals surface area contributed by atoms with Gasteiger partial charge in [-0.05, 0) is 48.0 Å². The lowest BCUT2D eigenvalue weighted by Crippen LogP contribution is -2.41. The van der Waals surface area contributed by atoms with E-state index in [0.717, 1.165) is 11.8 Å². The normalized spacial score (nSPS) is 14.7. The van der Waals surface area contributed by atoms with E-state index in [1.54, 1.807) is 50.5 Å². The summed E-state index contributed by atoms with van der Waals surface area (Å²) >= 11 is 1.01. The first-order valence-electron chi connectivity index (χ1n) is 10.2. The number of morpholine rings is 1. The van der Waals surface area contributed by atoms with Crippen LogP contribution >= 0.6 is 11.8 Å². The highest BCUT2D eigenvalue weighted by molar-refractivity contribution is 8.13. The van der Waals surface area contributed by atoms with Crippen LogP contribution in [-0.4, -0.2) is 69.2 Å². The molecule has 0 bridgehead atoms. The van der Waals surface area contributed by atoms with Gasteiger partial charge in [0, 0.05) is 37.6 Å². The lowest BCUT2D eigenvalue weighted by atomic mass is 10.1. The summed E-state index contributed by atoms with van der Waals surface area (Å²) in [5.41, 5.74) is 1.36. The first-order valence-corrected chi connectivity index (χ1v) is 12.5. The Morgan fingerprint density at radius 2 is 1.81 bits per heavy atom. The van der Waals surface area contributed by atoms with Gasteiger partial charge < -0.3 is 15.0 Å². The molecule has 0 aliphatic carbocycles. The van der Waals surface area contributed by atoms with Crippen molar-refractivity contribution in [3.8, 4) is 0 Å². The van der Waals surface area contributed by atoms with E-state index >= 15 is 0 Å². The quantitative estimate of drug-likeness (QED) is 0.642. The van der Waals surface area contributed by atoms with Crippen molar-refractivity contribution in [2.45, 2.75) is 23.1 Å². The Morgan fingerprint density at radius 3 is 2.47 bits per heavy atom. The van der Waals surface area contributed by atoms with Gasteiger partial charge in [-0.15, -0.1) is 0 Å². The van der Waals surface area contributed by atoms with Crippen molar-refractivity contribution in [2.24, 2.45) is 0 Å². The topological polar surface area (TPSA) is 96.0 Å². The summed E-state index contributed by atoms with van der Waals surface area (Å²) in [6.45, 7) is 3.14. The van der Waals surface area contributed by atoms with Crippen molar-refractivity contribution in [1.82, 2.24) is 9.21 Å². The third kappa shape index (κ3) is 5.50. The second-order valence-corrected chi connectivity index (χ2v) is 10.3. The number of hydrogen-bond donors (Lipinski definition) is 1. The summed E-state index contributed by atoms with van der Waals surface area (Å²) in [5, 5.41) is 2.64. The van der Waals surface area contributed by atoms with Gasteiger partial charge in [0.05, 0.1) is 23.8 Å². The number of carbonyl (C=O) groups excluding carboxylic acids is 2. The summed E-state index contributed by atoms with van der Waals surface area (Å²) in [4.78, 5) is 27.3. The maximum atomic E-state index is 13.2. The molecule has 2 aromatic carbocycles. The Hall–Kier alpha value is -2.40. The lowest BCUT2D eigenvalue weighted by molar-refractivity contribution is 0.0730. The van der Waals surface area contributed by atoms with Gasteiger partial charge in [0.1, 0.15) is 0 Å². The molecule has 8 nitrogen and oxygen atoms in total. The maximum Gasteiger partial charge on any atom is 0.286 e. The lowest BCUT2D eigenvalue weighted by Gasteiger charge is -2.27. The predicted octanol–water partition coefficient (Wildman–Crippen LogP) is 3.30. The molecule has 2 amide bonds. The number of ether oxygens (including phenoxy) is 1. The van der Waals surface area contributed by atoms with Crippen LogP contribution in [0.25, 0.3) is 0 Å². The smallest absolute Gasteiger partial charge is 0.286 e. The second-order valence-electron chi connectivity index (χ2n) is 7.41. The van der Waals surface area contributed by atoms with Gasteiger partial charge in [0.2, 0.25) is 10.0 Å². The number of anilines is 1. The predicted molar refractivity (Wildman–Crippen MR) is 125 cm³/mol. The van der Waals surface area contributed by atoms with Crippen LogP contribution < -0.4 is 5.32 Å². The van der Waals surface area contributed by atoms with Crippen molar-refractivity contribution in [2.75, 3.05) is 45.7 Å². The highest BCUT2D eigenvalue weighted by Gasteiger charge is 2.29. The van der Waals surface area contributed by atoms with Crippen LogP contribution in [0.5, 0.6) is 0 Å². The van der Waals surface area contributed by atoms with Crippen molar-refractivity contribution in [3.05, 3.63) is 53.6 Å². The number of carbonyl (C=O) groups is 2. The highest BCUT2D eigenvalue weighted by atomic mass is 32.2. The fourth-order valence-corrected chi connectivity index (χ4v) is 5.67. The molecule has 0 spiro atoms. The molecular weight excluding hydrogens is 450 g/mol. The molecule has 1 N–H and O–H groups in total. The molecule has 0 atom stereocenters. The van der Waals surface area contributed by atoms with E-state index in [2.05, 4.69) is 5.32 Å². The van der Waals surface area contributed by atoms with Gasteiger partial charge in [-0.25, -0.2) is 8.42 Å². The zero-order valence-corrected chi connectivity index (χ0v) is 20.0. The molecule has 1 aliphatic rings. The molecular formula is C22H27N3O5S2. The van der Waals surface area contributed by atoms with Crippen LogP contribution in [-0.2, 0) is 21.2 Å². The average Bonchev–Trinajstić information content (AvgIpc) is 2.80. The molecule has 32 heavy (non-hydrogen) atoms. The van der Waals surface area contributed by atoms with Gasteiger partial charge in [-0.1, -0.05) is 25.1 Å². The molecule has 1 fully saturated rings. The van der Waals surface area contributed by atoms with Crippen molar-refractivity contribution in [1.29, 1.82) is 0 Å². The Morgan fingerprint density at radius 1 is 1.12 bits per heavy atom. The Balaban J connectivity index is 1.89. The molecule has 10 heteroatoms. The molecule has 3 rings (SSSR count). The molecule has 0 radical (unpaired) electrons. The first kappa shape index (κ1) is 24.2. The van der Waals surface area contributed by atoms with E-state index in [0.29, 0.717) is 35.8 Å². The minimum Gasteiger partial charge on any atom is -0.379 e. The summed E-state index contributed by atoms with van der Waals surface area (Å²) in [6.07, 6.45) is 0.521. The number of sulfonamides is 1. The standard InChI is InChI=1S/C22H27N3O5S2/c1-4-16-9-10-17(15-20(16)32(28,29)25-11-13-30-14-12-25)21(26)23-18-7-5-6-8-19(18)31-22(27)24(2)3/h5-10,15H,4,11-14H2,1-3H3,(H,23,26). The SMILES string of the molecule is CCc1ccc(C(=O)Nc2ccccc2SC(=O)N(C)C)cc1S(=O)(=O)N1CCOCC1. The minimum atomic E-state index is -3.75. The third-order valence-electron chi connectivity index (χ3n) is 5.00. The van der Waals surface area contributed by atoms with Gasteiger partial charge in [-0.3, -0.25) is 9.59 Å². The van der Waals surface area contributed by atoms with Crippen LogP contribution in [0.15, 0.2) is 52.3 Å². The second kappa shape index (κ2) is 10.5. The zero-order valence-electron chi connectivity index (χ0n) is 18.3. The molecule has 1 heterocycles. The van der Waals surface area contributed by atoms with Crippen LogP contribution in [0.1, 0.15) is 22.8 Å². The highest BCUT2D eigenvalue weighted by Crippen LogP contribution is 2.29. The van der Waals surface area contributed by atoms with Crippen molar-refractivity contribution >= 4 is 38.6 Å². The number of hydrogen-bond acceptors (Lipinski definition) is 6. The Kier molecular flexibility index (Phi) is 7.94. The number of benzene rings is 2. The Labute approximate surface area is 193 Å². The van der Waals surface area contributed by atoms with E-state index < -0.39 is 15.9 Å². The third-order valence-corrected chi connectivity index (χ3v) is 8.09. The van der Waals surface area contributed by atoms with Crippen LogP contribution in [0, 0.1) is 0 Å². The minimum absolute atomic E-state index is 0.139. The number of nitrogens with one attached hydrogen (secondary N) is 1. The maximum absolute atomic E-state index is 13.2. The molecule has 0 aromatic heterocycles. The first-order chi connectivity index (χ1) is 15.2. The van der Waals surface area contributed by atoms with Gasteiger partial charge in [0.15, 0.2) is 0 Å². The molecule has 172 valence electrons. The van der Waals surface area contributed by atoms with E-state index in [9.17, 15) is 18.0 Å². The molecule has 1 saturated heterocycles. The Bertz CT molecular complexity index is 1100. The summed E-state index contributed by atoms with van der Waals surface area (Å²) in [6, 6.07) is 11.7. The van der Waals surface area contributed by atoms with Crippen LogP contribution in [0.2, 0.25) is 0 Å². The number of rotatable bonds is 6. The number of aryl methyl sites for hydroxylation is 1. The van der Waals surface area contributed by atoms with Crippen molar-refractivity contribution in [3.63, 3.8) is 0 Å². The van der Waals surface area contributed by atoms with Gasteiger partial charge in [-0.2, -0.15) is 4.31 Å². The van der Waals surface area contributed by atoms with Crippen molar-refractivity contribution < 1.29 is 22.7 Å². The summed E-state index contributed by atoms with van der Waals surface area (Å²) in [7, 11) is -0.438. The molecule has 2 aromatic rings. The van der Waals surface area contributed by atoms with E-state index in [1.165, 1.54) is 15.3 Å². The zero-order chi connectivity index (χ0) is 23.3. The number of thioether (sulfide) groups is 1. The fourth-order valence-electron chi connectivity index (χ4n) is 3.19. The molecule has 1 aliphatic heterocycles. The molecule has 0 saturated carbocycles. The van der Waals surface area contributed by atoms with E-state index in [4.69, 9.17) is 4.74 Å². The number of para-hydroxylation sites is 1. The summed E-state index contributed by atoms with van der Waals surface area (Å²) < 4.78 is 33.1. The molecule has 0 unspecified atom stereocenters. The number of amides is 2. The largest absolute Gasteiger partial charge is 0.379 e. The van der Waals surface area contributed by atoms with Gasteiger partial charge >= 0.3 is 0 Å². The van der Waals surface area contributed by atoms with E-state index in [1.807, 2.05) is 6.92 Å². The number of nitrogens with zero attached hydrogens (tertiary/aromatic N) is 2. The van der Waals surface area contributed by atoms with E-state index in [-0.39, 0.29) is 28.8 Å². The monoisotopic (exact) mass is 477 g/mol. The average molecular weight is 478 g/mol.